The highest BCUT2D eigenvalue weighted by molar-refractivity contribution is 5.86. The summed E-state index contributed by atoms with van der Waals surface area (Å²) < 4.78 is 25.8. The first-order valence-electron chi connectivity index (χ1n) is 16.3. The number of esters is 1. The molecular weight excluding hydrogens is 530 g/mol. The van der Waals surface area contributed by atoms with Crippen LogP contribution in [0, 0.1) is 0 Å². The van der Waals surface area contributed by atoms with E-state index in [1.165, 1.54) is 43.3 Å². The number of carbonyl (C=O) groups excluding carboxylic acids is 2. The van der Waals surface area contributed by atoms with E-state index in [0.29, 0.717) is 29.6 Å². The second-order valence-electron chi connectivity index (χ2n) is 12.8. The zero-order valence-electron chi connectivity index (χ0n) is 25.0. The lowest BCUT2D eigenvalue weighted by atomic mass is 9.85. The van der Waals surface area contributed by atoms with Gasteiger partial charge in [-0.2, -0.15) is 0 Å². The molecule has 3 heterocycles. The normalized spacial score (nSPS) is 26.1. The van der Waals surface area contributed by atoms with Gasteiger partial charge >= 0.3 is 12.1 Å². The van der Waals surface area contributed by atoms with E-state index in [1.54, 1.807) is 0 Å². The van der Waals surface area contributed by atoms with Crippen molar-refractivity contribution in [1.82, 2.24) is 0 Å². The molecule has 4 aliphatic rings. The maximum Gasteiger partial charge on any atom is 0.510 e. The van der Waals surface area contributed by atoms with Gasteiger partial charge < -0.3 is 23.4 Å². The summed E-state index contributed by atoms with van der Waals surface area (Å²) in [7, 11) is 0. The molecule has 0 N–H and O–H groups in total. The minimum absolute atomic E-state index is 0.134. The maximum atomic E-state index is 14.6. The molecule has 1 aliphatic carbocycles. The Balaban J connectivity index is 1.27. The average molecular weight is 577 g/mol. The number of nitrogens with zero attached hydrogens (tertiary/aromatic N) is 1. The van der Waals surface area contributed by atoms with Crippen LogP contribution in [0.3, 0.4) is 0 Å². The highest BCUT2D eigenvalue weighted by Crippen LogP contribution is 2.47. The third kappa shape index (κ3) is 5.70. The van der Waals surface area contributed by atoms with Gasteiger partial charge in [-0.05, 0) is 36.8 Å². The number of benzene rings is 2. The largest absolute Gasteiger partial charge is 0.510 e. The topological polar surface area (TPSA) is 71.1 Å². The van der Waals surface area contributed by atoms with Gasteiger partial charge in [-0.15, -0.1) is 0 Å². The molecule has 7 nitrogen and oxygen atoms in total. The van der Waals surface area contributed by atoms with Crippen LogP contribution in [0.4, 0.5) is 4.79 Å². The Hall–Kier alpha value is -2.90. The van der Waals surface area contributed by atoms with Crippen molar-refractivity contribution in [2.45, 2.75) is 120 Å². The highest BCUT2D eigenvalue weighted by atomic mass is 16.8. The number of rotatable bonds is 9. The van der Waals surface area contributed by atoms with Crippen LogP contribution in [0.25, 0.3) is 0 Å². The summed E-state index contributed by atoms with van der Waals surface area (Å²) >= 11 is 0. The smallest absolute Gasteiger partial charge is 0.459 e. The summed E-state index contributed by atoms with van der Waals surface area (Å²) in [5.41, 5.74) is -0.318. The fourth-order valence-electron chi connectivity index (χ4n) is 8.32. The quantitative estimate of drug-likeness (QED) is 0.182. The molecule has 226 valence electrons. The monoisotopic (exact) mass is 576 g/mol. The van der Waals surface area contributed by atoms with Crippen LogP contribution in [0.15, 0.2) is 60.7 Å². The second-order valence-corrected chi connectivity index (χ2v) is 12.8. The molecule has 3 aliphatic heterocycles. The molecule has 1 saturated carbocycles. The van der Waals surface area contributed by atoms with Gasteiger partial charge in [0.05, 0.1) is 25.2 Å². The van der Waals surface area contributed by atoms with Gasteiger partial charge in [-0.25, -0.2) is 9.59 Å². The molecule has 3 atom stereocenters. The summed E-state index contributed by atoms with van der Waals surface area (Å²) in [6.07, 6.45) is 10.1. The molecule has 2 aromatic carbocycles. The van der Waals surface area contributed by atoms with Crippen LogP contribution >= 0.6 is 0 Å². The first kappa shape index (κ1) is 29.2. The van der Waals surface area contributed by atoms with Gasteiger partial charge in [0.15, 0.2) is 0 Å². The fourth-order valence-corrected chi connectivity index (χ4v) is 8.32. The molecule has 2 aromatic rings. The predicted molar refractivity (Wildman–Crippen MR) is 158 cm³/mol. The molecule has 1 spiro atoms. The molecule has 4 fully saturated rings. The van der Waals surface area contributed by atoms with E-state index in [2.05, 4.69) is 0 Å². The summed E-state index contributed by atoms with van der Waals surface area (Å²) in [5.74, 6) is -0.457. The first-order valence-corrected chi connectivity index (χ1v) is 16.3. The van der Waals surface area contributed by atoms with Crippen molar-refractivity contribution in [2.24, 2.45) is 0 Å². The Morgan fingerprint density at radius 3 is 1.88 bits per heavy atom. The number of hydrogen-bond donors (Lipinski definition) is 0. The fraction of sp³-hybridized carbons (Fsp3) is 0.600. The minimum Gasteiger partial charge on any atom is -0.459 e. The predicted octanol–water partition coefficient (Wildman–Crippen LogP) is 7.02. The summed E-state index contributed by atoms with van der Waals surface area (Å²) in [5, 5.41) is 0. The number of carbonyl (C=O) groups is 2. The Morgan fingerprint density at radius 1 is 0.762 bits per heavy atom. The Kier molecular flexibility index (Phi) is 8.87. The van der Waals surface area contributed by atoms with Crippen molar-refractivity contribution >= 4 is 12.1 Å². The molecule has 42 heavy (non-hydrogen) atoms. The zero-order valence-corrected chi connectivity index (χ0v) is 25.0. The Labute approximate surface area is 250 Å². The van der Waals surface area contributed by atoms with Gasteiger partial charge in [0.25, 0.3) is 0 Å². The number of hydrogen-bond acceptors (Lipinski definition) is 6. The van der Waals surface area contributed by atoms with Crippen LogP contribution < -0.4 is 0 Å². The van der Waals surface area contributed by atoms with E-state index in [9.17, 15) is 9.59 Å². The number of ether oxygens (including phenoxy) is 4. The van der Waals surface area contributed by atoms with E-state index in [-0.39, 0.29) is 12.2 Å². The number of quaternary nitrogens is 1. The first-order chi connectivity index (χ1) is 20.5. The molecule has 0 amide bonds. The SMILES string of the molecule is CCC(OC(=O)OC1CCCCC1)OC(C(=O)OC1CC2CCC(C1)[N+]21CCCC1)(c1ccccc1)c1ccccc1. The second kappa shape index (κ2) is 12.8. The molecule has 3 unspecified atom stereocenters. The Bertz CT molecular complexity index is 1130. The van der Waals surface area contributed by atoms with Crippen LogP contribution in [0.2, 0.25) is 0 Å². The summed E-state index contributed by atoms with van der Waals surface area (Å²) in [4.78, 5) is 27.5. The summed E-state index contributed by atoms with van der Waals surface area (Å²) in [6, 6.07) is 20.1. The molecule has 0 aromatic heterocycles. The molecule has 2 bridgehead atoms. The minimum atomic E-state index is -1.61. The van der Waals surface area contributed by atoms with Gasteiger partial charge in [0.2, 0.25) is 11.9 Å². The molecule has 0 radical (unpaired) electrons. The lowest BCUT2D eigenvalue weighted by molar-refractivity contribution is -0.956. The standard InChI is InChI=1S/C35H46NO6/c1-2-32(41-34(38)40-30-18-10-5-11-19-30)42-35(26-14-6-3-7-15-26,27-16-8-4-9-17-27)33(37)39-31-24-28-20-21-29(25-31)36(28)22-12-13-23-36/h3-4,6-9,14-17,28-32H,2,5,10-13,18-25H2,1H3/q+1. The number of piperidine rings is 1. The van der Waals surface area contributed by atoms with Gasteiger partial charge in [0.1, 0.15) is 12.2 Å². The van der Waals surface area contributed by atoms with Crippen LogP contribution in [-0.2, 0) is 29.3 Å². The van der Waals surface area contributed by atoms with Crippen LogP contribution in [-0.4, -0.2) is 60.3 Å². The average Bonchev–Trinajstić information content (AvgIpc) is 3.57. The lowest BCUT2D eigenvalue weighted by Crippen LogP contribution is -2.60. The van der Waals surface area contributed by atoms with E-state index < -0.39 is 24.0 Å². The molecule has 3 saturated heterocycles. The van der Waals surface area contributed by atoms with Crippen LogP contribution in [0.5, 0.6) is 0 Å². The van der Waals surface area contributed by atoms with Crippen molar-refractivity contribution < 1.29 is 33.0 Å². The molecule has 6 rings (SSSR count). The van der Waals surface area contributed by atoms with E-state index in [1.807, 2.05) is 67.6 Å². The van der Waals surface area contributed by atoms with Gasteiger partial charge in [-0.1, -0.05) is 74.0 Å². The van der Waals surface area contributed by atoms with E-state index in [0.717, 1.165) is 44.9 Å². The highest BCUT2D eigenvalue weighted by Gasteiger charge is 2.57. The lowest BCUT2D eigenvalue weighted by Gasteiger charge is -2.47. The van der Waals surface area contributed by atoms with Crippen molar-refractivity contribution in [3.05, 3.63) is 71.8 Å². The van der Waals surface area contributed by atoms with E-state index >= 15 is 0 Å². The van der Waals surface area contributed by atoms with Crippen molar-refractivity contribution in [3.8, 4) is 0 Å². The third-order valence-electron chi connectivity index (χ3n) is 10.4. The van der Waals surface area contributed by atoms with Gasteiger partial charge in [-0.3, -0.25) is 0 Å². The van der Waals surface area contributed by atoms with Gasteiger partial charge in [0, 0.05) is 44.9 Å². The van der Waals surface area contributed by atoms with Crippen molar-refractivity contribution in [3.63, 3.8) is 0 Å². The third-order valence-corrected chi connectivity index (χ3v) is 10.4. The van der Waals surface area contributed by atoms with Crippen molar-refractivity contribution in [2.75, 3.05) is 13.1 Å². The molecular formula is C35H46NO6+. The van der Waals surface area contributed by atoms with E-state index in [4.69, 9.17) is 18.9 Å². The van der Waals surface area contributed by atoms with Crippen LogP contribution in [0.1, 0.15) is 95.1 Å². The van der Waals surface area contributed by atoms with Crippen molar-refractivity contribution in [1.29, 1.82) is 0 Å². The molecule has 7 heteroatoms. The summed E-state index contributed by atoms with van der Waals surface area (Å²) in [6.45, 7) is 4.41. The Morgan fingerprint density at radius 2 is 1.33 bits per heavy atom. The maximum absolute atomic E-state index is 14.6. The zero-order chi connectivity index (χ0) is 29.0.